The average Bonchev–Trinajstić information content (AvgIpc) is 3.40. The standard InChI is InChI=1S/C49H88N4O21.C4H10/c1-29-40(62)43(65)33(26-54)72-46(29)69-22-6-5-11-32(57)14-16-49(53-38(60)13-7-12-36(58)50-18-8-21-68-4,25-39(61)52-20-10-24-71-48-31(3)42(64)45(67)35(28-56)74-48)17-15-37(59)51-19-9-23-70-47-30(2)41(63)44(66)34(27-55)73-47;1-4(2)3/h29-31,33-35,40-48,54-56,62-67H,5-28H2,1-4H3,(H,50,58)(H,51,59)(H,52,61)(H,53,60);4H,1-3H3/t29?,30?,31?,33?,34?,35?,40-,41-,42-,43+,44+,45+,46-,47-,48-,49?;/m1./s1. The number of Topliss-reactive ketones (excluding diaryl/α,β-unsaturated/α-hetero) is 1. The molecule has 7 unspecified atom stereocenters. The molecule has 3 rings (SSSR count). The molecule has 456 valence electrons. The Morgan fingerprint density at radius 1 is 0.474 bits per heavy atom. The molecule has 0 bridgehead atoms. The fourth-order valence-corrected chi connectivity index (χ4v) is 8.94. The minimum Gasteiger partial charge on any atom is -0.394 e. The maximum Gasteiger partial charge on any atom is 0.222 e. The van der Waals surface area contributed by atoms with Crippen molar-refractivity contribution in [2.45, 2.75) is 211 Å². The number of hydrogen-bond donors (Lipinski definition) is 13. The highest BCUT2D eigenvalue weighted by atomic mass is 16.7. The van der Waals surface area contributed by atoms with E-state index in [4.69, 9.17) is 33.2 Å². The van der Waals surface area contributed by atoms with E-state index < -0.39 is 135 Å². The molecule has 0 aromatic carbocycles. The van der Waals surface area contributed by atoms with Gasteiger partial charge in [-0.3, -0.25) is 24.0 Å². The Bertz CT molecular complexity index is 1630. The number of carbonyl (C=O) groups is 5. The van der Waals surface area contributed by atoms with Crippen molar-refractivity contribution in [2.75, 3.05) is 73.0 Å². The lowest BCUT2D eigenvalue weighted by Gasteiger charge is -2.40. The highest BCUT2D eigenvalue weighted by Crippen LogP contribution is 2.30. The van der Waals surface area contributed by atoms with Crippen molar-refractivity contribution < 1.29 is 103 Å². The molecule has 3 fully saturated rings. The van der Waals surface area contributed by atoms with Gasteiger partial charge in [0.1, 0.15) is 42.4 Å². The zero-order valence-electron chi connectivity index (χ0n) is 47.1. The summed E-state index contributed by atoms with van der Waals surface area (Å²) in [4.78, 5) is 66.9. The third-order valence-electron chi connectivity index (χ3n) is 13.8. The number of amides is 4. The van der Waals surface area contributed by atoms with E-state index in [1.54, 1.807) is 27.9 Å². The molecule has 25 nitrogen and oxygen atoms in total. The van der Waals surface area contributed by atoms with Gasteiger partial charge in [0.15, 0.2) is 18.9 Å². The Balaban J connectivity index is 0.00000501. The summed E-state index contributed by atoms with van der Waals surface area (Å²) in [5.41, 5.74) is -1.42. The predicted octanol–water partition coefficient (Wildman–Crippen LogP) is -1.20. The van der Waals surface area contributed by atoms with Gasteiger partial charge < -0.3 is 100 Å². The van der Waals surface area contributed by atoms with Gasteiger partial charge in [-0.05, 0) is 57.3 Å². The second kappa shape index (κ2) is 38.6. The van der Waals surface area contributed by atoms with Crippen LogP contribution in [-0.2, 0) is 57.1 Å². The van der Waals surface area contributed by atoms with E-state index in [9.17, 15) is 69.9 Å². The Morgan fingerprint density at radius 3 is 1.27 bits per heavy atom. The lowest BCUT2D eigenvalue weighted by atomic mass is 9.83. The molecule has 78 heavy (non-hydrogen) atoms. The third kappa shape index (κ3) is 25.8. The second-order valence-corrected chi connectivity index (χ2v) is 21.5. The van der Waals surface area contributed by atoms with Crippen molar-refractivity contribution in [3.63, 3.8) is 0 Å². The van der Waals surface area contributed by atoms with Crippen molar-refractivity contribution in [2.24, 2.45) is 23.7 Å². The molecule has 16 atom stereocenters. The number of ketones is 1. The quantitative estimate of drug-likeness (QED) is 0.0328. The first-order valence-corrected chi connectivity index (χ1v) is 27.9. The first-order chi connectivity index (χ1) is 37.0. The van der Waals surface area contributed by atoms with Gasteiger partial charge in [-0.25, -0.2) is 0 Å². The van der Waals surface area contributed by atoms with E-state index >= 15 is 0 Å². The van der Waals surface area contributed by atoms with Gasteiger partial charge in [0.2, 0.25) is 23.6 Å². The van der Waals surface area contributed by atoms with Gasteiger partial charge in [-0.2, -0.15) is 0 Å². The fraction of sp³-hybridized carbons (Fsp3) is 0.906. The lowest BCUT2D eigenvalue weighted by Crippen LogP contribution is -2.55. The summed E-state index contributed by atoms with van der Waals surface area (Å²) >= 11 is 0. The van der Waals surface area contributed by atoms with Gasteiger partial charge in [0.05, 0.1) is 51.3 Å². The van der Waals surface area contributed by atoms with Crippen molar-refractivity contribution >= 4 is 29.4 Å². The maximum atomic E-state index is 13.8. The Kier molecular flexibility index (Phi) is 35.1. The second-order valence-electron chi connectivity index (χ2n) is 21.5. The Morgan fingerprint density at radius 2 is 0.846 bits per heavy atom. The summed E-state index contributed by atoms with van der Waals surface area (Å²) < 4.78 is 39.2. The molecule has 25 heteroatoms. The van der Waals surface area contributed by atoms with Gasteiger partial charge in [0, 0.05) is 102 Å². The minimum absolute atomic E-state index is 0.0338. The van der Waals surface area contributed by atoms with Crippen LogP contribution in [0, 0.1) is 23.7 Å². The van der Waals surface area contributed by atoms with Crippen LogP contribution in [0.3, 0.4) is 0 Å². The number of hydrogen-bond acceptors (Lipinski definition) is 21. The van der Waals surface area contributed by atoms with E-state index in [1.165, 1.54) is 0 Å². The van der Waals surface area contributed by atoms with Crippen LogP contribution in [0.1, 0.15) is 131 Å². The highest BCUT2D eigenvalue weighted by molar-refractivity contribution is 5.83. The number of aliphatic hydroxyl groups is 9. The van der Waals surface area contributed by atoms with Crippen LogP contribution in [-0.4, -0.2) is 228 Å². The van der Waals surface area contributed by atoms with Crippen LogP contribution in [0.25, 0.3) is 0 Å². The normalized spacial score (nSPS) is 29.9. The van der Waals surface area contributed by atoms with Gasteiger partial charge >= 0.3 is 0 Å². The van der Waals surface area contributed by atoms with Crippen LogP contribution in [0.2, 0.25) is 0 Å². The molecule has 3 heterocycles. The largest absolute Gasteiger partial charge is 0.394 e. The molecule has 0 radical (unpaired) electrons. The van der Waals surface area contributed by atoms with Gasteiger partial charge in [-0.15, -0.1) is 0 Å². The minimum atomic E-state index is -1.42. The van der Waals surface area contributed by atoms with E-state index in [0.29, 0.717) is 38.8 Å². The summed E-state index contributed by atoms with van der Waals surface area (Å²) in [7, 11) is 1.55. The molecule has 13 N–H and O–H groups in total. The lowest BCUT2D eigenvalue weighted by molar-refractivity contribution is -0.282. The number of unbranched alkanes of at least 4 members (excludes halogenated alkanes) is 1. The summed E-state index contributed by atoms with van der Waals surface area (Å²) in [6.07, 6.45) is -11.8. The molecule has 0 saturated carbocycles. The molecule has 0 aliphatic carbocycles. The summed E-state index contributed by atoms with van der Waals surface area (Å²) in [5, 5.41) is 102. The third-order valence-corrected chi connectivity index (χ3v) is 13.8. The molecule has 3 saturated heterocycles. The van der Waals surface area contributed by atoms with Crippen LogP contribution in [0.5, 0.6) is 0 Å². The predicted molar refractivity (Wildman–Crippen MR) is 281 cm³/mol. The molecule has 4 amide bonds. The molecule has 3 aliphatic rings. The van der Waals surface area contributed by atoms with E-state index in [1.807, 2.05) is 0 Å². The number of aliphatic hydroxyl groups excluding tert-OH is 9. The first-order valence-electron chi connectivity index (χ1n) is 27.9. The summed E-state index contributed by atoms with van der Waals surface area (Å²) in [6, 6.07) is 0. The number of methoxy groups -OCH3 is 1. The van der Waals surface area contributed by atoms with Crippen molar-refractivity contribution in [3.8, 4) is 0 Å². The molecule has 0 spiro atoms. The smallest absolute Gasteiger partial charge is 0.222 e. The number of carbonyl (C=O) groups excluding carboxylic acids is 5. The van der Waals surface area contributed by atoms with E-state index in [-0.39, 0.29) is 109 Å². The molecule has 0 aromatic heterocycles. The molecular formula is C53H98N4O21. The monoisotopic (exact) mass is 1130 g/mol. The number of ether oxygens (including phenoxy) is 7. The van der Waals surface area contributed by atoms with Crippen LogP contribution in [0.15, 0.2) is 0 Å². The Labute approximate surface area is 460 Å². The van der Waals surface area contributed by atoms with Gasteiger partial charge in [-0.1, -0.05) is 41.5 Å². The average molecular weight is 1130 g/mol. The highest BCUT2D eigenvalue weighted by Gasteiger charge is 2.45. The molecular weight excluding hydrogens is 1030 g/mol. The SMILES string of the molecule is CC(C)C.COCCCNC(=O)CCCC(=O)NC(CCC(=O)CCCCO[C@@H]1OC(CO)[C@H](O)[C@H](O)C1C)(CCC(=O)NCCCO[C@@H]1OC(CO)[C@H](O)[C@H](O)C1C)CC(=O)NCCCO[C@@H]1OC(CO)[C@H](O)[C@H](O)C1C. The molecule has 0 aromatic rings. The topological polar surface area (TPSA) is 380 Å². The van der Waals surface area contributed by atoms with Crippen molar-refractivity contribution in [1.29, 1.82) is 0 Å². The summed E-state index contributed by atoms with van der Waals surface area (Å²) in [6.45, 7) is 11.2. The van der Waals surface area contributed by atoms with E-state index in [2.05, 4.69) is 42.0 Å². The molecule has 3 aliphatic heterocycles. The van der Waals surface area contributed by atoms with Gasteiger partial charge in [0.25, 0.3) is 0 Å². The van der Waals surface area contributed by atoms with Crippen LogP contribution >= 0.6 is 0 Å². The number of rotatable bonds is 36. The first kappa shape index (κ1) is 71.0. The number of nitrogens with one attached hydrogen (secondary N) is 4. The van der Waals surface area contributed by atoms with Crippen molar-refractivity contribution in [1.82, 2.24) is 21.3 Å². The van der Waals surface area contributed by atoms with Crippen molar-refractivity contribution in [3.05, 3.63) is 0 Å². The summed E-state index contributed by atoms with van der Waals surface area (Å²) in [5.74, 6) is -2.88. The maximum absolute atomic E-state index is 13.8. The fourth-order valence-electron chi connectivity index (χ4n) is 8.94. The van der Waals surface area contributed by atoms with E-state index in [0.717, 1.165) is 5.92 Å². The zero-order valence-corrected chi connectivity index (χ0v) is 47.1. The Hall–Kier alpha value is -3.09. The zero-order chi connectivity index (χ0) is 58.4. The van der Waals surface area contributed by atoms with Crippen LogP contribution in [0.4, 0.5) is 0 Å². The van der Waals surface area contributed by atoms with Crippen LogP contribution < -0.4 is 21.3 Å².